The van der Waals surface area contributed by atoms with Gasteiger partial charge in [0.05, 0.1) is 5.01 Å². The number of guanidine groups is 1. The zero-order valence-corrected chi connectivity index (χ0v) is 14.4. The number of ether oxygens (including phenoxy) is 1. The first-order valence-electron chi connectivity index (χ1n) is 7.47. The quantitative estimate of drug-likeness (QED) is 0.593. The van der Waals surface area contributed by atoms with Gasteiger partial charge >= 0.3 is 6.61 Å². The highest BCUT2D eigenvalue weighted by Gasteiger charge is 2.09. The minimum absolute atomic E-state index is 0.161. The summed E-state index contributed by atoms with van der Waals surface area (Å²) < 4.78 is 29.3. The predicted molar refractivity (Wildman–Crippen MR) is 91.8 cm³/mol. The second kappa shape index (κ2) is 9.17. The topological polar surface area (TPSA) is 58.5 Å². The number of thiazole rings is 1. The summed E-state index contributed by atoms with van der Waals surface area (Å²) >= 11 is 1.67. The minimum atomic E-state index is -2.84. The molecule has 2 N–H and O–H groups in total. The van der Waals surface area contributed by atoms with Crippen LogP contribution < -0.4 is 15.4 Å². The van der Waals surface area contributed by atoms with Crippen molar-refractivity contribution in [3.8, 4) is 5.75 Å². The molecule has 0 amide bonds. The highest BCUT2D eigenvalue weighted by molar-refractivity contribution is 7.11. The van der Waals surface area contributed by atoms with Gasteiger partial charge in [-0.15, -0.1) is 11.3 Å². The number of nitrogens with one attached hydrogen (secondary N) is 2. The van der Waals surface area contributed by atoms with Gasteiger partial charge < -0.3 is 15.4 Å². The largest absolute Gasteiger partial charge is 0.434 e. The molecule has 0 aliphatic rings. The van der Waals surface area contributed by atoms with Gasteiger partial charge in [0, 0.05) is 43.2 Å². The van der Waals surface area contributed by atoms with Crippen LogP contribution in [0.3, 0.4) is 0 Å². The predicted octanol–water partition coefficient (Wildman–Crippen LogP) is 2.96. The van der Waals surface area contributed by atoms with E-state index in [1.54, 1.807) is 36.6 Å². The number of benzene rings is 1. The lowest BCUT2D eigenvalue weighted by Gasteiger charge is -2.14. The lowest BCUT2D eigenvalue weighted by atomic mass is 10.2. The summed E-state index contributed by atoms with van der Waals surface area (Å²) in [4.78, 5) is 9.60. The molecule has 0 saturated heterocycles. The third-order valence-electron chi connectivity index (χ3n) is 3.16. The van der Waals surface area contributed by atoms with Crippen LogP contribution in [0.4, 0.5) is 8.78 Å². The van der Waals surface area contributed by atoms with Crippen molar-refractivity contribution in [1.29, 1.82) is 0 Å². The molecule has 0 saturated carbocycles. The van der Waals surface area contributed by atoms with Crippen LogP contribution in [0, 0.1) is 6.92 Å². The Morgan fingerprint density at radius 1 is 1.33 bits per heavy atom. The van der Waals surface area contributed by atoms with E-state index in [0.29, 0.717) is 24.6 Å². The fraction of sp³-hybridized carbons (Fsp3) is 0.375. The van der Waals surface area contributed by atoms with Crippen molar-refractivity contribution >= 4 is 17.3 Å². The van der Waals surface area contributed by atoms with Gasteiger partial charge in [-0.3, -0.25) is 4.99 Å². The molecule has 1 aromatic carbocycles. The molecule has 8 heteroatoms. The van der Waals surface area contributed by atoms with Crippen molar-refractivity contribution in [2.45, 2.75) is 26.5 Å². The molecule has 0 spiro atoms. The van der Waals surface area contributed by atoms with Crippen LogP contribution in [-0.2, 0) is 13.0 Å². The van der Waals surface area contributed by atoms with E-state index in [0.717, 1.165) is 11.4 Å². The molecule has 0 aliphatic heterocycles. The maximum absolute atomic E-state index is 12.4. The van der Waals surface area contributed by atoms with Gasteiger partial charge in [0.2, 0.25) is 0 Å². The van der Waals surface area contributed by atoms with Gasteiger partial charge in [0.15, 0.2) is 5.96 Å². The first kappa shape index (κ1) is 18.1. The Bertz CT molecular complexity index is 676. The van der Waals surface area contributed by atoms with Crippen LogP contribution in [-0.4, -0.2) is 31.1 Å². The van der Waals surface area contributed by atoms with Crippen LogP contribution in [0.5, 0.6) is 5.75 Å². The third kappa shape index (κ3) is 5.77. The number of para-hydroxylation sites is 1. The molecular formula is C16H20F2N4OS. The lowest BCUT2D eigenvalue weighted by Crippen LogP contribution is -2.37. The standard InChI is InChI=1S/C16H20F2N4OS/c1-11-9-21-14(24-11)7-8-20-16(19-2)22-10-12-5-3-4-6-13(12)23-15(17)18/h3-6,9,15H,7-8,10H2,1-2H3,(H2,19,20,22). The Morgan fingerprint density at radius 3 is 2.79 bits per heavy atom. The number of halogens is 2. The van der Waals surface area contributed by atoms with E-state index in [-0.39, 0.29) is 5.75 Å². The molecule has 0 fully saturated rings. The Hall–Kier alpha value is -2.22. The van der Waals surface area contributed by atoms with Gasteiger partial charge in [-0.2, -0.15) is 8.78 Å². The van der Waals surface area contributed by atoms with E-state index >= 15 is 0 Å². The van der Waals surface area contributed by atoms with E-state index < -0.39 is 6.61 Å². The summed E-state index contributed by atoms with van der Waals surface area (Å²) in [6.45, 7) is 0.194. The van der Waals surface area contributed by atoms with Crippen molar-refractivity contribution < 1.29 is 13.5 Å². The summed E-state index contributed by atoms with van der Waals surface area (Å²) in [6, 6.07) is 6.68. The second-order valence-electron chi connectivity index (χ2n) is 4.95. The number of hydrogen-bond donors (Lipinski definition) is 2. The SMILES string of the molecule is CN=C(NCCc1ncc(C)s1)NCc1ccccc1OC(F)F. The summed E-state index contributed by atoms with van der Waals surface area (Å²) in [5, 5.41) is 7.32. The molecule has 0 aliphatic carbocycles. The van der Waals surface area contributed by atoms with E-state index in [1.807, 2.05) is 13.1 Å². The average Bonchev–Trinajstić information content (AvgIpc) is 2.97. The molecule has 2 aromatic rings. The molecule has 24 heavy (non-hydrogen) atoms. The van der Waals surface area contributed by atoms with E-state index in [9.17, 15) is 8.78 Å². The zero-order valence-electron chi connectivity index (χ0n) is 13.6. The Morgan fingerprint density at radius 2 is 2.12 bits per heavy atom. The number of hydrogen-bond acceptors (Lipinski definition) is 4. The molecule has 0 radical (unpaired) electrons. The molecule has 1 aromatic heterocycles. The van der Waals surface area contributed by atoms with Crippen molar-refractivity contribution in [2.24, 2.45) is 4.99 Å². The van der Waals surface area contributed by atoms with Gasteiger partial charge in [0.1, 0.15) is 5.75 Å². The number of aryl methyl sites for hydroxylation is 1. The van der Waals surface area contributed by atoms with E-state index in [2.05, 4.69) is 25.3 Å². The maximum Gasteiger partial charge on any atom is 0.387 e. The molecule has 0 atom stereocenters. The summed E-state index contributed by atoms with van der Waals surface area (Å²) in [6.07, 6.45) is 2.65. The zero-order chi connectivity index (χ0) is 17.4. The molecule has 5 nitrogen and oxygen atoms in total. The molecule has 130 valence electrons. The monoisotopic (exact) mass is 354 g/mol. The maximum atomic E-state index is 12.4. The Labute approximate surface area is 143 Å². The molecular weight excluding hydrogens is 334 g/mol. The Balaban J connectivity index is 1.83. The molecule has 2 rings (SSSR count). The lowest BCUT2D eigenvalue weighted by molar-refractivity contribution is -0.0504. The highest BCUT2D eigenvalue weighted by Crippen LogP contribution is 2.19. The number of rotatable bonds is 7. The minimum Gasteiger partial charge on any atom is -0.434 e. The van der Waals surface area contributed by atoms with Crippen LogP contribution in [0.15, 0.2) is 35.5 Å². The summed E-state index contributed by atoms with van der Waals surface area (Å²) in [5.41, 5.74) is 0.635. The van der Waals surface area contributed by atoms with Crippen molar-refractivity contribution in [2.75, 3.05) is 13.6 Å². The van der Waals surface area contributed by atoms with E-state index in [4.69, 9.17) is 0 Å². The van der Waals surface area contributed by atoms with E-state index in [1.165, 1.54) is 10.9 Å². The fourth-order valence-corrected chi connectivity index (χ4v) is 2.85. The van der Waals surface area contributed by atoms with Crippen LogP contribution in [0.2, 0.25) is 0 Å². The van der Waals surface area contributed by atoms with Crippen LogP contribution in [0.1, 0.15) is 15.4 Å². The second-order valence-corrected chi connectivity index (χ2v) is 6.27. The highest BCUT2D eigenvalue weighted by atomic mass is 32.1. The van der Waals surface area contributed by atoms with Gasteiger partial charge in [-0.1, -0.05) is 18.2 Å². The van der Waals surface area contributed by atoms with Gasteiger partial charge in [-0.25, -0.2) is 4.98 Å². The van der Waals surface area contributed by atoms with Crippen molar-refractivity contribution in [3.63, 3.8) is 0 Å². The number of aromatic nitrogens is 1. The molecule has 0 bridgehead atoms. The average molecular weight is 354 g/mol. The summed E-state index contributed by atoms with van der Waals surface area (Å²) in [5.74, 6) is 0.754. The first-order chi connectivity index (χ1) is 11.6. The first-order valence-corrected chi connectivity index (χ1v) is 8.28. The van der Waals surface area contributed by atoms with Gasteiger partial charge in [-0.05, 0) is 13.0 Å². The number of aliphatic imine (C=N–C) groups is 1. The third-order valence-corrected chi connectivity index (χ3v) is 4.13. The van der Waals surface area contributed by atoms with Gasteiger partial charge in [0.25, 0.3) is 0 Å². The normalized spacial score (nSPS) is 11.6. The Kier molecular flexibility index (Phi) is 6.92. The van der Waals surface area contributed by atoms with Crippen molar-refractivity contribution in [3.05, 3.63) is 45.9 Å². The molecule has 0 unspecified atom stereocenters. The number of alkyl halides is 2. The fourth-order valence-electron chi connectivity index (χ4n) is 2.07. The molecule has 1 heterocycles. The smallest absolute Gasteiger partial charge is 0.387 e. The number of nitrogens with zero attached hydrogens (tertiary/aromatic N) is 2. The van der Waals surface area contributed by atoms with Crippen LogP contribution in [0.25, 0.3) is 0 Å². The van der Waals surface area contributed by atoms with Crippen molar-refractivity contribution in [1.82, 2.24) is 15.6 Å². The summed E-state index contributed by atoms with van der Waals surface area (Å²) in [7, 11) is 1.66. The van der Waals surface area contributed by atoms with Crippen LogP contribution >= 0.6 is 11.3 Å².